The number of nitrogens with zero attached hydrogens (tertiary/aromatic N) is 2. The van der Waals surface area contributed by atoms with E-state index in [4.69, 9.17) is 11.0 Å². The Labute approximate surface area is 117 Å². The van der Waals surface area contributed by atoms with Crippen LogP contribution in [0.25, 0.3) is 0 Å². The summed E-state index contributed by atoms with van der Waals surface area (Å²) < 4.78 is 26.3. The summed E-state index contributed by atoms with van der Waals surface area (Å²) in [6.45, 7) is 1.93. The maximum Gasteiger partial charge on any atom is 0.245 e. The van der Waals surface area contributed by atoms with Gasteiger partial charge in [0.05, 0.1) is 5.56 Å². The largest absolute Gasteiger partial charge is 0.399 e. The normalized spacial score (nSPS) is 20.2. The van der Waals surface area contributed by atoms with Crippen LogP contribution in [0.2, 0.25) is 0 Å². The highest BCUT2D eigenvalue weighted by Crippen LogP contribution is 2.24. The summed E-state index contributed by atoms with van der Waals surface area (Å²) in [6, 6.07) is 5.03. The summed E-state index contributed by atoms with van der Waals surface area (Å²) in [6.07, 6.45) is 0. The van der Waals surface area contributed by atoms with E-state index in [2.05, 4.69) is 5.32 Å². The zero-order chi connectivity index (χ0) is 14.9. The molecule has 0 bridgehead atoms. The van der Waals surface area contributed by atoms with Crippen LogP contribution in [0.5, 0.6) is 0 Å². The average Bonchev–Trinajstić information content (AvgIpc) is 2.41. The maximum absolute atomic E-state index is 12.6. The number of nitrogen functional groups attached to an aromatic ring is 1. The monoisotopic (exact) mass is 294 g/mol. The highest BCUT2D eigenvalue weighted by molar-refractivity contribution is 7.89. The number of sulfonamides is 1. The molecule has 7 nitrogen and oxygen atoms in total. The van der Waals surface area contributed by atoms with Crippen molar-refractivity contribution in [1.82, 2.24) is 9.62 Å². The van der Waals surface area contributed by atoms with Gasteiger partial charge in [0.2, 0.25) is 15.9 Å². The molecule has 0 saturated carbocycles. The van der Waals surface area contributed by atoms with Gasteiger partial charge in [-0.2, -0.15) is 9.57 Å². The van der Waals surface area contributed by atoms with E-state index >= 15 is 0 Å². The third-order valence-corrected chi connectivity index (χ3v) is 5.18. The number of carbonyl (C=O) groups is 1. The first-order chi connectivity index (χ1) is 9.37. The van der Waals surface area contributed by atoms with Crippen LogP contribution in [-0.4, -0.2) is 37.8 Å². The third-order valence-electron chi connectivity index (χ3n) is 3.15. The Balaban J connectivity index is 2.51. The second kappa shape index (κ2) is 5.11. The number of benzene rings is 1. The quantitative estimate of drug-likeness (QED) is 0.723. The molecule has 1 saturated heterocycles. The SMILES string of the molecule is CC1C(=O)NCCN1S(=O)(=O)c1ccc(N)cc1C#N. The predicted octanol–water partition coefficient (Wildman–Crippen LogP) is -0.351. The van der Waals surface area contributed by atoms with Crippen molar-refractivity contribution in [2.24, 2.45) is 0 Å². The Morgan fingerprint density at radius 3 is 2.85 bits per heavy atom. The van der Waals surface area contributed by atoms with Gasteiger partial charge in [0.1, 0.15) is 17.0 Å². The molecule has 1 fully saturated rings. The molecule has 0 radical (unpaired) electrons. The minimum atomic E-state index is -3.91. The number of nitrogens with two attached hydrogens (primary N) is 1. The van der Waals surface area contributed by atoms with Crippen LogP contribution >= 0.6 is 0 Å². The van der Waals surface area contributed by atoms with E-state index in [-0.39, 0.29) is 29.5 Å². The Bertz CT molecular complexity index is 693. The lowest BCUT2D eigenvalue weighted by Crippen LogP contribution is -2.55. The number of nitriles is 1. The molecule has 0 spiro atoms. The molecular formula is C12H14N4O3S. The molecule has 1 aliphatic rings. The molecule has 0 aliphatic carbocycles. The lowest BCUT2D eigenvalue weighted by molar-refractivity contribution is -0.126. The molecule has 1 heterocycles. The van der Waals surface area contributed by atoms with Crippen molar-refractivity contribution >= 4 is 21.6 Å². The van der Waals surface area contributed by atoms with Gasteiger partial charge in [0.25, 0.3) is 0 Å². The molecule has 0 aromatic heterocycles. The van der Waals surface area contributed by atoms with Crippen LogP contribution in [0, 0.1) is 11.3 Å². The van der Waals surface area contributed by atoms with Crippen molar-refractivity contribution in [2.75, 3.05) is 18.8 Å². The van der Waals surface area contributed by atoms with Crippen molar-refractivity contribution in [3.05, 3.63) is 23.8 Å². The average molecular weight is 294 g/mol. The lowest BCUT2D eigenvalue weighted by Gasteiger charge is -2.31. The van der Waals surface area contributed by atoms with Gasteiger partial charge < -0.3 is 11.1 Å². The van der Waals surface area contributed by atoms with Crippen molar-refractivity contribution < 1.29 is 13.2 Å². The van der Waals surface area contributed by atoms with E-state index in [9.17, 15) is 13.2 Å². The van der Waals surface area contributed by atoms with E-state index in [1.165, 1.54) is 25.1 Å². The third kappa shape index (κ3) is 2.33. The first kappa shape index (κ1) is 14.3. The van der Waals surface area contributed by atoms with Crippen molar-refractivity contribution in [1.29, 1.82) is 5.26 Å². The van der Waals surface area contributed by atoms with Crippen molar-refractivity contribution in [3.8, 4) is 6.07 Å². The van der Waals surface area contributed by atoms with E-state index in [0.29, 0.717) is 5.69 Å². The summed E-state index contributed by atoms with van der Waals surface area (Å²) in [7, 11) is -3.91. The van der Waals surface area contributed by atoms with Crippen molar-refractivity contribution in [2.45, 2.75) is 17.9 Å². The van der Waals surface area contributed by atoms with Crippen LogP contribution in [-0.2, 0) is 14.8 Å². The van der Waals surface area contributed by atoms with Gasteiger partial charge in [0.15, 0.2) is 0 Å². The Kier molecular flexibility index (Phi) is 3.65. The minimum absolute atomic E-state index is 0.0248. The highest BCUT2D eigenvalue weighted by atomic mass is 32.2. The van der Waals surface area contributed by atoms with Crippen LogP contribution in [0.1, 0.15) is 12.5 Å². The summed E-state index contributed by atoms with van der Waals surface area (Å²) in [5, 5.41) is 11.6. The molecular weight excluding hydrogens is 280 g/mol. The number of hydrogen-bond acceptors (Lipinski definition) is 5. The maximum atomic E-state index is 12.6. The predicted molar refractivity (Wildman–Crippen MR) is 71.9 cm³/mol. The number of nitrogens with one attached hydrogen (secondary N) is 1. The summed E-state index contributed by atoms with van der Waals surface area (Å²) in [4.78, 5) is 11.5. The van der Waals surface area contributed by atoms with Crippen LogP contribution in [0.3, 0.4) is 0 Å². The Morgan fingerprint density at radius 1 is 1.50 bits per heavy atom. The first-order valence-electron chi connectivity index (χ1n) is 5.97. The number of rotatable bonds is 2. The fourth-order valence-corrected chi connectivity index (χ4v) is 3.79. The zero-order valence-electron chi connectivity index (χ0n) is 10.8. The second-order valence-electron chi connectivity index (χ2n) is 4.45. The number of hydrogen-bond donors (Lipinski definition) is 2. The van der Waals surface area contributed by atoms with E-state index in [1.807, 2.05) is 6.07 Å². The van der Waals surface area contributed by atoms with Gasteiger partial charge >= 0.3 is 0 Å². The fraction of sp³-hybridized carbons (Fsp3) is 0.333. The second-order valence-corrected chi connectivity index (χ2v) is 6.31. The van der Waals surface area contributed by atoms with Gasteiger partial charge in [-0.15, -0.1) is 0 Å². The summed E-state index contributed by atoms with van der Waals surface area (Å²) in [5.74, 6) is -0.353. The van der Waals surface area contributed by atoms with Gasteiger partial charge in [-0.25, -0.2) is 8.42 Å². The van der Waals surface area contributed by atoms with Crippen LogP contribution in [0.4, 0.5) is 5.69 Å². The molecule has 8 heteroatoms. The minimum Gasteiger partial charge on any atom is -0.399 e. The molecule has 1 aromatic rings. The van der Waals surface area contributed by atoms with Gasteiger partial charge in [-0.05, 0) is 25.1 Å². The Morgan fingerprint density at radius 2 is 2.20 bits per heavy atom. The lowest BCUT2D eigenvalue weighted by atomic mass is 10.2. The fourth-order valence-electron chi connectivity index (χ4n) is 2.08. The molecule has 106 valence electrons. The van der Waals surface area contributed by atoms with Crippen molar-refractivity contribution in [3.63, 3.8) is 0 Å². The van der Waals surface area contributed by atoms with Gasteiger partial charge in [-0.3, -0.25) is 4.79 Å². The smallest absolute Gasteiger partial charge is 0.245 e. The molecule has 1 aromatic carbocycles. The molecule has 1 unspecified atom stereocenters. The highest BCUT2D eigenvalue weighted by Gasteiger charge is 2.36. The van der Waals surface area contributed by atoms with Gasteiger partial charge in [0, 0.05) is 18.8 Å². The topological polar surface area (TPSA) is 116 Å². The standard InChI is InChI=1S/C12H14N4O3S/c1-8-12(17)15-4-5-16(8)20(18,19)11-3-2-10(14)6-9(11)7-13/h2-3,6,8H,4-5,14H2,1H3,(H,15,17). The van der Waals surface area contributed by atoms with E-state index in [0.717, 1.165) is 4.31 Å². The van der Waals surface area contributed by atoms with E-state index < -0.39 is 16.1 Å². The number of carbonyl (C=O) groups excluding carboxylic acids is 1. The Hall–Kier alpha value is -2.11. The van der Waals surface area contributed by atoms with E-state index in [1.54, 1.807) is 0 Å². The summed E-state index contributed by atoms with van der Waals surface area (Å²) in [5.41, 5.74) is 5.84. The first-order valence-corrected chi connectivity index (χ1v) is 7.41. The van der Waals surface area contributed by atoms with Crippen LogP contribution < -0.4 is 11.1 Å². The molecule has 1 amide bonds. The van der Waals surface area contributed by atoms with Gasteiger partial charge in [-0.1, -0.05) is 0 Å². The van der Waals surface area contributed by atoms with Crippen LogP contribution in [0.15, 0.2) is 23.1 Å². The number of amides is 1. The molecule has 1 atom stereocenters. The zero-order valence-corrected chi connectivity index (χ0v) is 11.6. The molecule has 2 rings (SSSR count). The number of anilines is 1. The number of piperazine rings is 1. The molecule has 1 aliphatic heterocycles. The summed E-state index contributed by atoms with van der Waals surface area (Å²) >= 11 is 0. The molecule has 20 heavy (non-hydrogen) atoms. The molecule has 3 N–H and O–H groups in total.